The summed E-state index contributed by atoms with van der Waals surface area (Å²) in [5.74, 6) is -1.02. The number of benzene rings is 2. The quantitative estimate of drug-likeness (QED) is 0.756. The zero-order valence-corrected chi connectivity index (χ0v) is 13.3. The van der Waals surface area contributed by atoms with E-state index in [1.54, 1.807) is 24.3 Å². The van der Waals surface area contributed by atoms with Crippen LogP contribution in [0.4, 0.5) is 11.4 Å². The van der Waals surface area contributed by atoms with Crippen molar-refractivity contribution in [1.29, 1.82) is 0 Å². The lowest BCUT2D eigenvalue weighted by Crippen LogP contribution is -2.37. The van der Waals surface area contributed by atoms with Crippen LogP contribution in [0.15, 0.2) is 48.5 Å². The number of imide groups is 1. The minimum absolute atomic E-state index is 0.135. The van der Waals surface area contributed by atoms with Crippen molar-refractivity contribution in [2.75, 3.05) is 23.4 Å². The first-order valence-corrected chi connectivity index (χ1v) is 7.89. The number of carbonyl (C=O) groups is 2. The van der Waals surface area contributed by atoms with E-state index in [1.165, 1.54) is 4.90 Å². The molecule has 116 valence electrons. The van der Waals surface area contributed by atoms with Gasteiger partial charge in [0.25, 0.3) is 0 Å². The predicted molar refractivity (Wildman–Crippen MR) is 89.9 cm³/mol. The fraction of sp³-hybridized carbons (Fsp3) is 0.222. The van der Waals surface area contributed by atoms with Gasteiger partial charge in [0.05, 0.1) is 17.5 Å². The number of rotatable bonds is 1. The largest absolute Gasteiger partial charge is 0.374 e. The van der Waals surface area contributed by atoms with Gasteiger partial charge in [-0.3, -0.25) is 9.59 Å². The first-order valence-electron chi connectivity index (χ1n) is 7.51. The Morgan fingerprint density at radius 3 is 2.43 bits per heavy atom. The molecule has 1 fully saturated rings. The number of amides is 2. The van der Waals surface area contributed by atoms with Crippen LogP contribution in [0.1, 0.15) is 11.5 Å². The van der Waals surface area contributed by atoms with E-state index in [1.807, 2.05) is 36.2 Å². The predicted octanol–water partition coefficient (Wildman–Crippen LogP) is 3.06. The third-order valence-corrected chi connectivity index (χ3v) is 4.92. The molecule has 4 rings (SSSR count). The minimum atomic E-state index is -0.398. The first kappa shape index (κ1) is 14.3. The van der Waals surface area contributed by atoms with Gasteiger partial charge < -0.3 is 4.90 Å². The Hall–Kier alpha value is -2.33. The van der Waals surface area contributed by atoms with Crippen molar-refractivity contribution in [2.45, 2.75) is 5.92 Å². The summed E-state index contributed by atoms with van der Waals surface area (Å²) in [7, 11) is 1.96. The smallest absolute Gasteiger partial charge is 0.242 e. The highest BCUT2D eigenvalue weighted by Crippen LogP contribution is 2.44. The normalized spacial score (nSPS) is 23.0. The van der Waals surface area contributed by atoms with Gasteiger partial charge in [0.1, 0.15) is 0 Å². The summed E-state index contributed by atoms with van der Waals surface area (Å²) in [4.78, 5) is 29.2. The number of halogens is 1. The number of para-hydroxylation sites is 1. The molecule has 0 aliphatic carbocycles. The van der Waals surface area contributed by atoms with Gasteiger partial charge in [-0.05, 0) is 35.9 Å². The van der Waals surface area contributed by atoms with Crippen LogP contribution in [-0.2, 0) is 9.59 Å². The maximum absolute atomic E-state index is 13.0. The molecule has 1 saturated heterocycles. The van der Waals surface area contributed by atoms with E-state index in [-0.39, 0.29) is 17.7 Å². The summed E-state index contributed by atoms with van der Waals surface area (Å²) in [5.41, 5.74) is 2.54. The molecule has 2 aromatic rings. The average molecular weight is 327 g/mol. The van der Waals surface area contributed by atoms with Crippen molar-refractivity contribution in [2.24, 2.45) is 5.92 Å². The number of carbonyl (C=O) groups excluding carboxylic acids is 2. The van der Waals surface area contributed by atoms with Crippen molar-refractivity contribution >= 4 is 34.8 Å². The summed E-state index contributed by atoms with van der Waals surface area (Å²) >= 11 is 5.90. The average Bonchev–Trinajstić information content (AvgIpc) is 2.80. The van der Waals surface area contributed by atoms with Crippen molar-refractivity contribution in [3.63, 3.8) is 0 Å². The van der Waals surface area contributed by atoms with Gasteiger partial charge in [-0.15, -0.1) is 0 Å². The molecular weight excluding hydrogens is 312 g/mol. The van der Waals surface area contributed by atoms with Crippen molar-refractivity contribution < 1.29 is 9.59 Å². The molecule has 2 aliphatic heterocycles. The summed E-state index contributed by atoms with van der Waals surface area (Å²) < 4.78 is 0. The van der Waals surface area contributed by atoms with Crippen LogP contribution in [-0.4, -0.2) is 25.4 Å². The third kappa shape index (κ3) is 2.05. The van der Waals surface area contributed by atoms with Gasteiger partial charge in [-0.1, -0.05) is 29.8 Å². The molecule has 0 bridgehead atoms. The highest BCUT2D eigenvalue weighted by atomic mass is 35.5. The molecule has 2 heterocycles. The molecule has 0 radical (unpaired) electrons. The second-order valence-corrected chi connectivity index (χ2v) is 6.45. The number of nitrogens with zero attached hydrogens (tertiary/aromatic N) is 2. The number of hydrogen-bond acceptors (Lipinski definition) is 3. The maximum atomic E-state index is 13.0. The van der Waals surface area contributed by atoms with Gasteiger partial charge in [0, 0.05) is 24.3 Å². The molecular formula is C18H15ClN2O2. The molecule has 0 saturated carbocycles. The lowest BCUT2D eigenvalue weighted by molar-refractivity contribution is -0.122. The van der Waals surface area contributed by atoms with E-state index in [4.69, 9.17) is 11.6 Å². The minimum Gasteiger partial charge on any atom is -0.374 e. The summed E-state index contributed by atoms with van der Waals surface area (Å²) in [5, 5.41) is 0.579. The highest BCUT2D eigenvalue weighted by Gasteiger charge is 2.52. The molecule has 2 amide bonds. The SMILES string of the molecule is CN1C[C@H]2C(=O)N(c3ccc(Cl)cc3)C(=O)[C@H]2c2ccccc21. The Morgan fingerprint density at radius 1 is 1.00 bits per heavy atom. The molecule has 0 aromatic heterocycles. The van der Waals surface area contributed by atoms with Gasteiger partial charge in [0.2, 0.25) is 11.8 Å². The molecule has 0 N–H and O–H groups in total. The Balaban J connectivity index is 1.80. The summed E-state index contributed by atoms with van der Waals surface area (Å²) in [6, 6.07) is 14.6. The van der Waals surface area contributed by atoms with Crippen molar-refractivity contribution in [3.8, 4) is 0 Å². The monoisotopic (exact) mass is 326 g/mol. The molecule has 4 nitrogen and oxygen atoms in total. The molecule has 2 aliphatic rings. The van der Waals surface area contributed by atoms with E-state index in [0.29, 0.717) is 17.3 Å². The van der Waals surface area contributed by atoms with E-state index >= 15 is 0 Å². The Morgan fingerprint density at radius 2 is 1.70 bits per heavy atom. The van der Waals surface area contributed by atoms with E-state index in [9.17, 15) is 9.59 Å². The molecule has 2 atom stereocenters. The van der Waals surface area contributed by atoms with Crippen LogP contribution in [0.5, 0.6) is 0 Å². The van der Waals surface area contributed by atoms with Gasteiger partial charge >= 0.3 is 0 Å². The van der Waals surface area contributed by atoms with E-state index in [0.717, 1.165) is 11.3 Å². The maximum Gasteiger partial charge on any atom is 0.242 e. The molecule has 0 spiro atoms. The summed E-state index contributed by atoms with van der Waals surface area (Å²) in [6.07, 6.45) is 0. The first-order chi connectivity index (χ1) is 11.1. The van der Waals surface area contributed by atoms with Crippen molar-refractivity contribution in [1.82, 2.24) is 0 Å². The van der Waals surface area contributed by atoms with Crippen LogP contribution in [0.2, 0.25) is 5.02 Å². The van der Waals surface area contributed by atoms with E-state index in [2.05, 4.69) is 0 Å². The Labute approximate surface area is 139 Å². The van der Waals surface area contributed by atoms with E-state index < -0.39 is 5.92 Å². The Bertz CT molecular complexity index is 803. The van der Waals surface area contributed by atoms with Crippen molar-refractivity contribution in [3.05, 3.63) is 59.1 Å². The fourth-order valence-corrected chi connectivity index (χ4v) is 3.72. The highest BCUT2D eigenvalue weighted by molar-refractivity contribution is 6.31. The molecule has 23 heavy (non-hydrogen) atoms. The van der Waals surface area contributed by atoms with Crippen LogP contribution in [0, 0.1) is 5.92 Å². The van der Waals surface area contributed by atoms with Gasteiger partial charge in [-0.2, -0.15) is 0 Å². The Kier molecular flexibility index (Phi) is 3.16. The molecule has 5 heteroatoms. The second-order valence-electron chi connectivity index (χ2n) is 6.01. The van der Waals surface area contributed by atoms with Crippen LogP contribution in [0.25, 0.3) is 0 Å². The van der Waals surface area contributed by atoms with Crippen LogP contribution < -0.4 is 9.80 Å². The second kappa shape index (κ2) is 5.10. The van der Waals surface area contributed by atoms with Gasteiger partial charge in [0.15, 0.2) is 0 Å². The fourth-order valence-electron chi connectivity index (χ4n) is 3.60. The zero-order valence-electron chi connectivity index (χ0n) is 12.6. The zero-order chi connectivity index (χ0) is 16.1. The topological polar surface area (TPSA) is 40.6 Å². The third-order valence-electron chi connectivity index (χ3n) is 4.66. The molecule has 2 aromatic carbocycles. The number of hydrogen-bond donors (Lipinski definition) is 0. The lowest BCUT2D eigenvalue weighted by Gasteiger charge is -2.33. The molecule has 0 unspecified atom stereocenters. The van der Waals surface area contributed by atoms with Gasteiger partial charge in [-0.25, -0.2) is 4.90 Å². The van der Waals surface area contributed by atoms with Crippen LogP contribution in [0.3, 0.4) is 0 Å². The number of anilines is 2. The standard InChI is InChI=1S/C18H15ClN2O2/c1-20-10-14-16(13-4-2-3-5-15(13)20)18(23)21(17(14)22)12-8-6-11(19)7-9-12/h2-9,14,16H,10H2,1H3/t14-,16+/m1/s1. The lowest BCUT2D eigenvalue weighted by atomic mass is 9.83. The number of fused-ring (bicyclic) bond motifs is 3. The van der Waals surface area contributed by atoms with Crippen LogP contribution >= 0.6 is 11.6 Å². The summed E-state index contributed by atoms with van der Waals surface area (Å²) in [6.45, 7) is 0.552.